The van der Waals surface area contributed by atoms with Gasteiger partial charge in [0.2, 0.25) is 0 Å². The van der Waals surface area contributed by atoms with E-state index in [0.29, 0.717) is 48.4 Å². The number of ketones is 1. The van der Waals surface area contributed by atoms with E-state index in [1.807, 2.05) is 42.5 Å². The lowest BCUT2D eigenvalue weighted by Crippen LogP contribution is -2.56. The summed E-state index contributed by atoms with van der Waals surface area (Å²) in [5.74, 6) is -0.109. The molecule has 1 atom stereocenters. The van der Waals surface area contributed by atoms with Gasteiger partial charge in [-0.3, -0.25) is 9.69 Å². The average molecular weight is 490 g/mol. The molecule has 0 saturated carbocycles. The number of nitrogens with zero attached hydrogens (tertiary/aromatic N) is 1. The number of carbonyl (C=O) groups excluding carboxylic acids is 2. The third kappa shape index (κ3) is 4.13. The van der Waals surface area contributed by atoms with Crippen LogP contribution in [0.15, 0.2) is 78.9 Å². The molecular weight excluding hydrogens is 462 g/mol. The normalized spacial score (nSPS) is 18.8. The van der Waals surface area contributed by atoms with Crippen LogP contribution in [0.2, 0.25) is 0 Å². The van der Waals surface area contributed by atoms with Crippen LogP contribution in [0.5, 0.6) is 0 Å². The number of hydrogen-bond acceptors (Lipinski definition) is 5. The van der Waals surface area contributed by atoms with Gasteiger partial charge in [-0.15, -0.1) is 0 Å². The van der Waals surface area contributed by atoms with Crippen LogP contribution in [-0.4, -0.2) is 45.0 Å². The molecule has 2 aliphatic rings. The Labute approximate surface area is 205 Å². The highest BCUT2D eigenvalue weighted by atomic mass is 32.2. The molecule has 1 spiro atoms. The predicted octanol–water partition coefficient (Wildman–Crippen LogP) is 3.96. The summed E-state index contributed by atoms with van der Waals surface area (Å²) >= 11 is 0. The zero-order valence-electron chi connectivity index (χ0n) is 19.4. The number of carbonyl (C=O) groups is 2. The SMILES string of the molecule is CS(=O)(=O)C1N(C(=O)Nc2ccc(C(=O)c3ccccc3)cc2)c2ccccc2C12CCNCC2. The Balaban J connectivity index is 1.45. The van der Waals surface area contributed by atoms with Crippen LogP contribution in [0, 0.1) is 0 Å². The van der Waals surface area contributed by atoms with Gasteiger partial charge in [0.05, 0.1) is 5.69 Å². The summed E-state index contributed by atoms with van der Waals surface area (Å²) in [5.41, 5.74) is 2.44. The molecule has 1 unspecified atom stereocenters. The highest BCUT2D eigenvalue weighted by Gasteiger charge is 2.57. The Morgan fingerprint density at radius 1 is 0.886 bits per heavy atom. The third-order valence-electron chi connectivity index (χ3n) is 6.96. The monoisotopic (exact) mass is 489 g/mol. The minimum atomic E-state index is -3.62. The Morgan fingerprint density at radius 3 is 2.14 bits per heavy atom. The molecule has 2 heterocycles. The average Bonchev–Trinajstić information content (AvgIpc) is 3.15. The summed E-state index contributed by atoms with van der Waals surface area (Å²) in [6, 6.07) is 22.6. The van der Waals surface area contributed by atoms with Crippen molar-refractivity contribution in [1.82, 2.24) is 5.32 Å². The fraction of sp³-hybridized carbons (Fsp3) is 0.259. The molecule has 35 heavy (non-hydrogen) atoms. The molecule has 5 rings (SSSR count). The Morgan fingerprint density at radius 2 is 1.49 bits per heavy atom. The van der Waals surface area contributed by atoms with E-state index in [0.717, 1.165) is 5.56 Å². The topological polar surface area (TPSA) is 95.6 Å². The lowest BCUT2D eigenvalue weighted by atomic mass is 9.74. The van der Waals surface area contributed by atoms with Crippen molar-refractivity contribution >= 4 is 33.0 Å². The van der Waals surface area contributed by atoms with E-state index in [1.54, 1.807) is 36.4 Å². The summed E-state index contributed by atoms with van der Waals surface area (Å²) in [7, 11) is -3.62. The van der Waals surface area contributed by atoms with Gasteiger partial charge in [-0.05, 0) is 61.8 Å². The summed E-state index contributed by atoms with van der Waals surface area (Å²) in [4.78, 5) is 27.7. The van der Waals surface area contributed by atoms with E-state index in [9.17, 15) is 18.0 Å². The number of nitrogens with one attached hydrogen (secondary N) is 2. The molecule has 8 heteroatoms. The van der Waals surface area contributed by atoms with Gasteiger partial charge in [-0.1, -0.05) is 48.5 Å². The first-order chi connectivity index (χ1) is 16.8. The van der Waals surface area contributed by atoms with Crippen molar-refractivity contribution < 1.29 is 18.0 Å². The minimum Gasteiger partial charge on any atom is -0.317 e. The van der Waals surface area contributed by atoms with Gasteiger partial charge in [-0.2, -0.15) is 0 Å². The van der Waals surface area contributed by atoms with E-state index in [1.165, 1.54) is 11.2 Å². The van der Waals surface area contributed by atoms with Gasteiger partial charge in [0.15, 0.2) is 15.6 Å². The molecule has 1 saturated heterocycles. The second-order valence-corrected chi connectivity index (χ2v) is 11.3. The van der Waals surface area contributed by atoms with Gasteiger partial charge in [0.25, 0.3) is 0 Å². The van der Waals surface area contributed by atoms with Crippen LogP contribution in [0.3, 0.4) is 0 Å². The molecule has 7 nitrogen and oxygen atoms in total. The number of sulfone groups is 1. The highest BCUT2D eigenvalue weighted by molar-refractivity contribution is 7.91. The van der Waals surface area contributed by atoms with Crippen molar-refractivity contribution in [3.8, 4) is 0 Å². The lowest BCUT2D eigenvalue weighted by molar-refractivity contribution is 0.103. The Hall–Kier alpha value is -3.49. The molecule has 3 aromatic carbocycles. The fourth-order valence-electron chi connectivity index (χ4n) is 5.46. The molecule has 0 radical (unpaired) electrons. The Bertz CT molecular complexity index is 1370. The quantitative estimate of drug-likeness (QED) is 0.541. The lowest BCUT2D eigenvalue weighted by Gasteiger charge is -2.40. The van der Waals surface area contributed by atoms with E-state index in [4.69, 9.17) is 0 Å². The first kappa shape index (κ1) is 23.3. The molecule has 0 aromatic heterocycles. The van der Waals surface area contributed by atoms with Crippen LogP contribution < -0.4 is 15.5 Å². The number of piperidine rings is 1. The zero-order valence-corrected chi connectivity index (χ0v) is 20.2. The zero-order chi connectivity index (χ0) is 24.6. The summed E-state index contributed by atoms with van der Waals surface area (Å²) < 4.78 is 26.2. The number of hydrogen-bond donors (Lipinski definition) is 2. The second kappa shape index (κ2) is 8.94. The molecule has 2 N–H and O–H groups in total. The highest BCUT2D eigenvalue weighted by Crippen LogP contribution is 2.52. The molecule has 180 valence electrons. The molecule has 3 aromatic rings. The molecule has 0 bridgehead atoms. The smallest absolute Gasteiger partial charge is 0.317 e. The van der Waals surface area contributed by atoms with Crippen molar-refractivity contribution in [2.75, 3.05) is 29.6 Å². The number of para-hydroxylation sites is 1. The van der Waals surface area contributed by atoms with Crippen molar-refractivity contribution in [3.05, 3.63) is 95.6 Å². The van der Waals surface area contributed by atoms with Crippen LogP contribution in [0.1, 0.15) is 34.3 Å². The Kier molecular flexibility index (Phi) is 5.94. The maximum absolute atomic E-state index is 13.6. The maximum atomic E-state index is 13.6. The predicted molar refractivity (Wildman–Crippen MR) is 137 cm³/mol. The number of urea groups is 1. The first-order valence-electron chi connectivity index (χ1n) is 11.6. The van der Waals surface area contributed by atoms with Crippen LogP contribution in [0.4, 0.5) is 16.2 Å². The first-order valence-corrected chi connectivity index (χ1v) is 13.6. The maximum Gasteiger partial charge on any atom is 0.327 e. The number of benzene rings is 3. The van der Waals surface area contributed by atoms with Crippen molar-refractivity contribution in [1.29, 1.82) is 0 Å². The van der Waals surface area contributed by atoms with E-state index >= 15 is 0 Å². The largest absolute Gasteiger partial charge is 0.327 e. The van der Waals surface area contributed by atoms with Gasteiger partial charge in [0, 0.05) is 28.5 Å². The van der Waals surface area contributed by atoms with Crippen molar-refractivity contribution in [3.63, 3.8) is 0 Å². The van der Waals surface area contributed by atoms with Crippen molar-refractivity contribution in [2.45, 2.75) is 23.6 Å². The van der Waals surface area contributed by atoms with Gasteiger partial charge in [0.1, 0.15) is 5.37 Å². The third-order valence-corrected chi connectivity index (χ3v) is 8.43. The van der Waals surface area contributed by atoms with Gasteiger partial charge >= 0.3 is 6.03 Å². The summed E-state index contributed by atoms with van der Waals surface area (Å²) in [6.45, 7) is 1.37. The molecular formula is C27H27N3O4S. The van der Waals surface area contributed by atoms with E-state index < -0.39 is 26.7 Å². The number of fused-ring (bicyclic) bond motifs is 2. The van der Waals surface area contributed by atoms with Crippen LogP contribution in [-0.2, 0) is 15.3 Å². The fourth-order valence-corrected chi connectivity index (χ4v) is 7.24. The van der Waals surface area contributed by atoms with Crippen LogP contribution >= 0.6 is 0 Å². The standard InChI is InChI=1S/C27H27N3O4S/c1-35(33,34)25-27(15-17-28-18-16-27)22-9-5-6-10-23(22)30(25)26(32)29-21-13-11-20(12-14-21)24(31)19-7-3-2-4-8-19/h2-14,25,28H,15-18H2,1H3,(H,29,32). The summed E-state index contributed by atoms with van der Waals surface area (Å²) in [5, 5.41) is 5.17. The molecule has 2 amide bonds. The van der Waals surface area contributed by atoms with Gasteiger partial charge in [-0.25, -0.2) is 13.2 Å². The van der Waals surface area contributed by atoms with Crippen LogP contribution in [0.25, 0.3) is 0 Å². The van der Waals surface area contributed by atoms with Gasteiger partial charge < -0.3 is 10.6 Å². The molecule has 1 fully saturated rings. The minimum absolute atomic E-state index is 0.109. The van der Waals surface area contributed by atoms with Crippen molar-refractivity contribution in [2.24, 2.45) is 0 Å². The van der Waals surface area contributed by atoms with E-state index in [-0.39, 0.29) is 5.78 Å². The molecule has 2 aliphatic heterocycles. The molecule has 0 aliphatic carbocycles. The number of amides is 2. The summed E-state index contributed by atoms with van der Waals surface area (Å²) in [6.07, 6.45) is 2.46. The number of rotatable bonds is 4. The number of anilines is 2. The van der Waals surface area contributed by atoms with E-state index in [2.05, 4.69) is 10.6 Å². The second-order valence-electron chi connectivity index (χ2n) is 9.18.